The van der Waals surface area contributed by atoms with Gasteiger partial charge in [-0.05, 0) is 52.2 Å². The molecule has 1 unspecified atom stereocenters. The van der Waals surface area contributed by atoms with Gasteiger partial charge in [0.15, 0.2) is 0 Å². The molecule has 0 saturated carbocycles. The molecule has 0 amide bonds. The minimum Gasteiger partial charge on any atom is -0.310 e. The van der Waals surface area contributed by atoms with E-state index < -0.39 is 0 Å². The van der Waals surface area contributed by atoms with Crippen molar-refractivity contribution in [2.24, 2.45) is 0 Å². The predicted octanol–water partition coefficient (Wildman–Crippen LogP) is 2.18. The van der Waals surface area contributed by atoms with Gasteiger partial charge in [0.2, 0.25) is 0 Å². The Morgan fingerprint density at radius 3 is 2.72 bits per heavy atom. The van der Waals surface area contributed by atoms with E-state index in [1.807, 2.05) is 25.6 Å². The first-order valence-electron chi connectivity index (χ1n) is 6.36. The van der Waals surface area contributed by atoms with Gasteiger partial charge in [-0.2, -0.15) is 11.8 Å². The summed E-state index contributed by atoms with van der Waals surface area (Å²) in [5.41, 5.74) is 1.55. The van der Waals surface area contributed by atoms with Crippen molar-refractivity contribution in [1.82, 2.24) is 15.3 Å². The van der Waals surface area contributed by atoms with E-state index >= 15 is 0 Å². The lowest BCUT2D eigenvalue weighted by Gasteiger charge is -2.15. The third kappa shape index (κ3) is 4.46. The van der Waals surface area contributed by atoms with Crippen LogP contribution in [0.5, 0.6) is 0 Å². The van der Waals surface area contributed by atoms with E-state index in [1.165, 1.54) is 12.2 Å². The molecule has 1 aromatic rings. The molecule has 1 atom stereocenters. The number of aromatic amines is 1. The van der Waals surface area contributed by atoms with Crippen LogP contribution < -0.4 is 10.9 Å². The first-order valence-corrected chi connectivity index (χ1v) is 7.75. The quantitative estimate of drug-likeness (QED) is 0.745. The summed E-state index contributed by atoms with van der Waals surface area (Å²) in [5.74, 6) is 1.87. The highest BCUT2D eigenvalue weighted by Gasteiger charge is 2.13. The molecule has 0 spiro atoms. The molecule has 0 aliphatic carbocycles. The number of thioether (sulfide) groups is 1. The molecule has 1 heterocycles. The highest BCUT2D eigenvalue weighted by molar-refractivity contribution is 7.98. The molecule has 0 saturated heterocycles. The Hall–Kier alpha value is -0.810. The van der Waals surface area contributed by atoms with E-state index in [2.05, 4.69) is 21.5 Å². The fourth-order valence-corrected chi connectivity index (χ4v) is 2.53. The van der Waals surface area contributed by atoms with Gasteiger partial charge < -0.3 is 10.3 Å². The molecular weight excluding hydrogens is 246 g/mol. The Labute approximate surface area is 113 Å². The smallest absolute Gasteiger partial charge is 0.255 e. The molecule has 0 bridgehead atoms. The van der Waals surface area contributed by atoms with Gasteiger partial charge in [-0.25, -0.2) is 4.98 Å². The van der Waals surface area contributed by atoms with Crippen LogP contribution in [0.15, 0.2) is 4.79 Å². The van der Waals surface area contributed by atoms with E-state index in [-0.39, 0.29) is 11.6 Å². The molecule has 1 rings (SSSR count). The summed E-state index contributed by atoms with van der Waals surface area (Å²) < 4.78 is 0. The van der Waals surface area contributed by atoms with Crippen molar-refractivity contribution in [2.75, 3.05) is 18.6 Å². The van der Waals surface area contributed by atoms with Gasteiger partial charge in [0, 0.05) is 11.7 Å². The van der Waals surface area contributed by atoms with Crippen LogP contribution in [-0.2, 0) is 0 Å². The van der Waals surface area contributed by atoms with Crippen LogP contribution >= 0.6 is 11.8 Å². The van der Waals surface area contributed by atoms with Gasteiger partial charge in [0.05, 0.1) is 5.56 Å². The maximum Gasteiger partial charge on any atom is 0.255 e. The summed E-state index contributed by atoms with van der Waals surface area (Å²) in [6.45, 7) is 6.65. The van der Waals surface area contributed by atoms with Crippen molar-refractivity contribution in [3.05, 3.63) is 27.4 Å². The molecule has 0 aromatic carbocycles. The van der Waals surface area contributed by atoms with Crippen LogP contribution in [-0.4, -0.2) is 28.5 Å². The first kappa shape index (κ1) is 15.2. The molecule has 102 valence electrons. The van der Waals surface area contributed by atoms with Crippen LogP contribution in [0.2, 0.25) is 0 Å². The molecule has 0 aliphatic heterocycles. The minimum absolute atomic E-state index is 0.0240. The van der Waals surface area contributed by atoms with Crippen LogP contribution in [0.25, 0.3) is 0 Å². The average molecular weight is 269 g/mol. The zero-order valence-electron chi connectivity index (χ0n) is 11.7. The lowest BCUT2D eigenvalue weighted by molar-refractivity contribution is 0.546. The Morgan fingerprint density at radius 2 is 2.11 bits per heavy atom. The molecule has 5 heteroatoms. The minimum atomic E-state index is -0.0240. The van der Waals surface area contributed by atoms with Crippen LogP contribution in [0.4, 0.5) is 0 Å². The van der Waals surface area contributed by atoms with E-state index in [0.29, 0.717) is 5.82 Å². The Bertz CT molecular complexity index is 431. The second-order valence-electron chi connectivity index (χ2n) is 4.53. The molecular formula is C13H23N3OS. The number of hydrogen-bond acceptors (Lipinski definition) is 4. The zero-order valence-corrected chi connectivity index (χ0v) is 12.5. The fourth-order valence-electron chi connectivity index (χ4n) is 2.04. The standard InChI is InChI=1S/C13H23N3OS/c1-9(14-7-5-6-8-18-4)12-10(2)15-11(3)16-13(12)17/h9,14H,5-8H2,1-4H3,(H,15,16,17). The van der Waals surface area contributed by atoms with Gasteiger partial charge in [-0.1, -0.05) is 0 Å². The summed E-state index contributed by atoms with van der Waals surface area (Å²) in [5, 5.41) is 3.39. The number of unbranched alkanes of at least 4 members (excludes halogenated alkanes) is 1. The largest absolute Gasteiger partial charge is 0.310 e. The van der Waals surface area contributed by atoms with Crippen LogP contribution in [0, 0.1) is 13.8 Å². The van der Waals surface area contributed by atoms with Crippen molar-refractivity contribution in [3.8, 4) is 0 Å². The maximum absolute atomic E-state index is 11.9. The molecule has 18 heavy (non-hydrogen) atoms. The van der Waals surface area contributed by atoms with Crippen LogP contribution in [0.1, 0.15) is 42.9 Å². The molecule has 0 aliphatic rings. The number of aromatic nitrogens is 2. The lowest BCUT2D eigenvalue weighted by Crippen LogP contribution is -2.28. The fraction of sp³-hybridized carbons (Fsp3) is 0.692. The van der Waals surface area contributed by atoms with Crippen LogP contribution in [0.3, 0.4) is 0 Å². The van der Waals surface area contributed by atoms with E-state index in [9.17, 15) is 4.79 Å². The lowest BCUT2D eigenvalue weighted by atomic mass is 10.1. The molecule has 0 radical (unpaired) electrons. The molecule has 0 fully saturated rings. The number of nitrogens with zero attached hydrogens (tertiary/aromatic N) is 1. The SMILES string of the molecule is CSCCCCNC(C)c1c(C)nc(C)[nH]c1=O. The van der Waals surface area contributed by atoms with Crippen molar-refractivity contribution in [2.45, 2.75) is 39.7 Å². The van der Waals surface area contributed by atoms with E-state index in [1.54, 1.807) is 6.92 Å². The highest BCUT2D eigenvalue weighted by atomic mass is 32.2. The Kier molecular flexibility index (Phi) is 6.43. The van der Waals surface area contributed by atoms with Crippen molar-refractivity contribution in [1.29, 1.82) is 0 Å². The zero-order chi connectivity index (χ0) is 13.5. The van der Waals surface area contributed by atoms with Gasteiger partial charge in [0.1, 0.15) is 5.82 Å². The summed E-state index contributed by atoms with van der Waals surface area (Å²) in [7, 11) is 0. The normalized spacial score (nSPS) is 12.7. The second kappa shape index (κ2) is 7.59. The van der Waals surface area contributed by atoms with Crippen molar-refractivity contribution >= 4 is 11.8 Å². The number of H-pyrrole nitrogens is 1. The second-order valence-corrected chi connectivity index (χ2v) is 5.51. The topological polar surface area (TPSA) is 57.8 Å². The summed E-state index contributed by atoms with van der Waals surface area (Å²) in [4.78, 5) is 19.0. The average Bonchev–Trinajstić information content (AvgIpc) is 2.27. The molecule has 2 N–H and O–H groups in total. The highest BCUT2D eigenvalue weighted by Crippen LogP contribution is 2.10. The van der Waals surface area contributed by atoms with Crippen molar-refractivity contribution < 1.29 is 0 Å². The van der Waals surface area contributed by atoms with Gasteiger partial charge in [-0.3, -0.25) is 4.79 Å². The first-order chi connectivity index (χ1) is 8.56. The number of rotatable bonds is 7. The summed E-state index contributed by atoms with van der Waals surface area (Å²) in [6, 6.07) is 0.0520. The summed E-state index contributed by atoms with van der Waals surface area (Å²) in [6.07, 6.45) is 4.47. The van der Waals surface area contributed by atoms with E-state index in [0.717, 1.165) is 24.2 Å². The summed E-state index contributed by atoms with van der Waals surface area (Å²) >= 11 is 1.87. The van der Waals surface area contributed by atoms with E-state index in [4.69, 9.17) is 0 Å². The Balaban J connectivity index is 2.56. The van der Waals surface area contributed by atoms with Gasteiger partial charge >= 0.3 is 0 Å². The number of aryl methyl sites for hydroxylation is 2. The van der Waals surface area contributed by atoms with Crippen molar-refractivity contribution in [3.63, 3.8) is 0 Å². The third-order valence-electron chi connectivity index (χ3n) is 2.92. The molecule has 1 aromatic heterocycles. The third-order valence-corrected chi connectivity index (χ3v) is 3.62. The van der Waals surface area contributed by atoms with Gasteiger partial charge in [-0.15, -0.1) is 0 Å². The predicted molar refractivity (Wildman–Crippen MR) is 78.4 cm³/mol. The maximum atomic E-state index is 11.9. The number of hydrogen-bond donors (Lipinski definition) is 2. The molecule has 4 nitrogen and oxygen atoms in total. The Morgan fingerprint density at radius 1 is 1.39 bits per heavy atom. The number of nitrogens with one attached hydrogen (secondary N) is 2. The van der Waals surface area contributed by atoms with Gasteiger partial charge in [0.25, 0.3) is 5.56 Å². The monoisotopic (exact) mass is 269 g/mol.